The number of aryl methyl sites for hydroxylation is 2. The molecule has 0 bridgehead atoms. The van der Waals surface area contributed by atoms with Crippen LogP contribution in [0.1, 0.15) is 17.3 Å². The van der Waals surface area contributed by atoms with Crippen molar-refractivity contribution < 1.29 is 17.6 Å². The number of benzene rings is 1. The first-order chi connectivity index (χ1) is 9.92. The van der Waals surface area contributed by atoms with E-state index in [1.165, 1.54) is 19.2 Å². The molecule has 0 aliphatic heterocycles. The van der Waals surface area contributed by atoms with Crippen molar-refractivity contribution in [2.24, 2.45) is 0 Å². The number of hydrogen-bond acceptors (Lipinski definition) is 5. The predicted octanol–water partition coefficient (Wildman–Crippen LogP) is 1.82. The Morgan fingerprint density at radius 3 is 2.43 bits per heavy atom. The average Bonchev–Trinajstić information content (AvgIpc) is 2.77. The van der Waals surface area contributed by atoms with Crippen molar-refractivity contribution in [2.45, 2.75) is 25.2 Å². The van der Waals surface area contributed by atoms with E-state index in [9.17, 15) is 8.42 Å². The molecule has 2 rings (SSSR count). The highest BCUT2D eigenvalue weighted by molar-refractivity contribution is 7.89. The van der Waals surface area contributed by atoms with Gasteiger partial charge in [-0.3, -0.25) is 0 Å². The van der Waals surface area contributed by atoms with Gasteiger partial charge in [0.15, 0.2) is 5.89 Å². The summed E-state index contributed by atoms with van der Waals surface area (Å²) in [4.78, 5) is 4.35. The van der Waals surface area contributed by atoms with Crippen LogP contribution in [0, 0.1) is 13.8 Å². The summed E-state index contributed by atoms with van der Waals surface area (Å²) in [5.74, 6) is 1.90. The molecule has 1 heterocycles. The van der Waals surface area contributed by atoms with Crippen molar-refractivity contribution in [1.29, 1.82) is 0 Å². The van der Waals surface area contributed by atoms with Gasteiger partial charge >= 0.3 is 0 Å². The molecule has 0 spiro atoms. The van der Waals surface area contributed by atoms with E-state index in [0.29, 0.717) is 23.8 Å². The number of methoxy groups -OCH3 is 1. The number of oxazole rings is 1. The molecule has 21 heavy (non-hydrogen) atoms. The summed E-state index contributed by atoms with van der Waals surface area (Å²) in [6.45, 7) is 3.85. The number of sulfonamides is 1. The van der Waals surface area contributed by atoms with Gasteiger partial charge in [-0.2, -0.15) is 0 Å². The van der Waals surface area contributed by atoms with Gasteiger partial charge in [0, 0.05) is 19.9 Å². The van der Waals surface area contributed by atoms with E-state index in [2.05, 4.69) is 9.71 Å². The van der Waals surface area contributed by atoms with Crippen LogP contribution in [0.15, 0.2) is 33.6 Å². The summed E-state index contributed by atoms with van der Waals surface area (Å²) in [7, 11) is -2.00. The third-order valence-corrected chi connectivity index (χ3v) is 4.49. The van der Waals surface area contributed by atoms with E-state index in [-0.39, 0.29) is 11.4 Å². The van der Waals surface area contributed by atoms with Crippen LogP contribution >= 0.6 is 0 Å². The van der Waals surface area contributed by atoms with Gasteiger partial charge in [0.1, 0.15) is 11.5 Å². The molecular weight excluding hydrogens is 292 g/mol. The zero-order valence-electron chi connectivity index (χ0n) is 12.2. The molecule has 0 radical (unpaired) electrons. The van der Waals surface area contributed by atoms with Gasteiger partial charge in [0.2, 0.25) is 10.0 Å². The monoisotopic (exact) mass is 310 g/mol. The van der Waals surface area contributed by atoms with Crippen LogP contribution in [0.2, 0.25) is 0 Å². The van der Waals surface area contributed by atoms with Crippen LogP contribution in [0.5, 0.6) is 5.75 Å². The molecule has 1 N–H and O–H groups in total. The van der Waals surface area contributed by atoms with Crippen LogP contribution in [-0.4, -0.2) is 27.1 Å². The number of ether oxygens (including phenoxy) is 1. The molecule has 0 amide bonds. The Bertz CT molecular complexity index is 705. The molecule has 0 fully saturated rings. The number of rotatable bonds is 6. The summed E-state index contributed by atoms with van der Waals surface area (Å²) in [6, 6.07) is 6.23. The van der Waals surface area contributed by atoms with Crippen molar-refractivity contribution in [3.8, 4) is 5.75 Å². The molecular formula is C14H18N2O4S. The maximum atomic E-state index is 12.1. The van der Waals surface area contributed by atoms with Crippen LogP contribution < -0.4 is 9.46 Å². The highest BCUT2D eigenvalue weighted by Crippen LogP contribution is 2.15. The highest BCUT2D eigenvalue weighted by atomic mass is 32.2. The molecule has 0 unspecified atom stereocenters. The SMILES string of the molecule is COc1ccc(S(=O)(=O)NCCc2oc(C)nc2C)cc1. The lowest BCUT2D eigenvalue weighted by molar-refractivity contribution is 0.414. The fraction of sp³-hybridized carbons (Fsp3) is 0.357. The number of aromatic nitrogens is 1. The molecule has 1 aromatic heterocycles. The first-order valence-corrected chi connectivity index (χ1v) is 7.97. The van der Waals surface area contributed by atoms with E-state index in [4.69, 9.17) is 9.15 Å². The second-order valence-electron chi connectivity index (χ2n) is 4.56. The standard InChI is InChI=1S/C14H18N2O4S/c1-10-14(20-11(2)16-10)8-9-15-21(17,18)13-6-4-12(19-3)5-7-13/h4-7,15H,8-9H2,1-3H3. The van der Waals surface area contributed by atoms with E-state index >= 15 is 0 Å². The van der Waals surface area contributed by atoms with Crippen molar-refractivity contribution in [1.82, 2.24) is 9.71 Å². The van der Waals surface area contributed by atoms with Gasteiger partial charge in [0.05, 0.1) is 17.7 Å². The van der Waals surface area contributed by atoms with Gasteiger partial charge in [-0.05, 0) is 31.2 Å². The molecule has 0 saturated heterocycles. The molecule has 2 aromatic rings. The van der Waals surface area contributed by atoms with Crippen molar-refractivity contribution >= 4 is 10.0 Å². The smallest absolute Gasteiger partial charge is 0.240 e. The zero-order valence-corrected chi connectivity index (χ0v) is 13.0. The van der Waals surface area contributed by atoms with Crippen LogP contribution in [0.3, 0.4) is 0 Å². The lowest BCUT2D eigenvalue weighted by atomic mass is 10.3. The van der Waals surface area contributed by atoms with Crippen LogP contribution in [0.4, 0.5) is 0 Å². The second-order valence-corrected chi connectivity index (χ2v) is 6.33. The van der Waals surface area contributed by atoms with Crippen LogP contribution in [0.25, 0.3) is 0 Å². The normalized spacial score (nSPS) is 11.6. The largest absolute Gasteiger partial charge is 0.497 e. The van der Waals surface area contributed by atoms with E-state index in [1.54, 1.807) is 19.1 Å². The van der Waals surface area contributed by atoms with Gasteiger partial charge < -0.3 is 9.15 Å². The third-order valence-electron chi connectivity index (χ3n) is 3.01. The first kappa shape index (κ1) is 15.5. The lowest BCUT2D eigenvalue weighted by Crippen LogP contribution is -2.26. The van der Waals surface area contributed by atoms with Crippen LogP contribution in [-0.2, 0) is 16.4 Å². The zero-order chi connectivity index (χ0) is 15.5. The minimum atomic E-state index is -3.53. The second kappa shape index (κ2) is 6.28. The summed E-state index contributed by atoms with van der Waals surface area (Å²) in [6.07, 6.45) is 0.460. The number of nitrogens with zero attached hydrogens (tertiary/aromatic N) is 1. The highest BCUT2D eigenvalue weighted by Gasteiger charge is 2.14. The Hall–Kier alpha value is -1.86. The molecule has 1 aromatic carbocycles. The lowest BCUT2D eigenvalue weighted by Gasteiger charge is -2.07. The van der Waals surface area contributed by atoms with E-state index in [1.807, 2.05) is 6.92 Å². The Morgan fingerprint density at radius 1 is 1.24 bits per heavy atom. The van der Waals surface area contributed by atoms with E-state index in [0.717, 1.165) is 5.69 Å². The molecule has 0 saturated carbocycles. The molecule has 0 aliphatic rings. The maximum absolute atomic E-state index is 12.1. The van der Waals surface area contributed by atoms with Gasteiger partial charge in [-0.25, -0.2) is 18.1 Å². The Kier molecular flexibility index (Phi) is 4.64. The number of hydrogen-bond donors (Lipinski definition) is 1. The predicted molar refractivity (Wildman–Crippen MR) is 77.9 cm³/mol. The molecule has 7 heteroatoms. The van der Waals surface area contributed by atoms with Gasteiger partial charge in [-0.1, -0.05) is 0 Å². The maximum Gasteiger partial charge on any atom is 0.240 e. The summed E-state index contributed by atoms with van der Waals surface area (Å²) in [5, 5.41) is 0. The molecule has 114 valence electrons. The fourth-order valence-electron chi connectivity index (χ4n) is 1.94. The molecule has 0 atom stereocenters. The summed E-state index contributed by atoms with van der Waals surface area (Å²) >= 11 is 0. The van der Waals surface area contributed by atoms with Crippen molar-refractivity contribution in [3.63, 3.8) is 0 Å². The van der Waals surface area contributed by atoms with Gasteiger partial charge in [0.25, 0.3) is 0 Å². The Labute approximate surface area is 124 Å². The van der Waals surface area contributed by atoms with Crippen molar-refractivity contribution in [2.75, 3.05) is 13.7 Å². The third kappa shape index (κ3) is 3.83. The summed E-state index contributed by atoms with van der Waals surface area (Å²) in [5.41, 5.74) is 0.788. The first-order valence-electron chi connectivity index (χ1n) is 6.49. The quantitative estimate of drug-likeness (QED) is 0.880. The van der Waals surface area contributed by atoms with E-state index < -0.39 is 10.0 Å². The number of nitrogens with one attached hydrogen (secondary N) is 1. The topological polar surface area (TPSA) is 81.4 Å². The van der Waals surface area contributed by atoms with Crippen molar-refractivity contribution in [3.05, 3.63) is 41.6 Å². The Morgan fingerprint density at radius 2 is 1.90 bits per heavy atom. The fourth-order valence-corrected chi connectivity index (χ4v) is 2.97. The minimum Gasteiger partial charge on any atom is -0.497 e. The minimum absolute atomic E-state index is 0.203. The van der Waals surface area contributed by atoms with Gasteiger partial charge in [-0.15, -0.1) is 0 Å². The molecule has 0 aliphatic carbocycles. The Balaban J connectivity index is 1.99. The molecule has 6 nitrogen and oxygen atoms in total. The average molecular weight is 310 g/mol. The summed E-state index contributed by atoms with van der Waals surface area (Å²) < 4.78 is 37.2.